The summed E-state index contributed by atoms with van der Waals surface area (Å²) >= 11 is 0. The van der Waals surface area contributed by atoms with Crippen molar-refractivity contribution in [2.45, 2.75) is 13.0 Å². The number of amides is 1. The summed E-state index contributed by atoms with van der Waals surface area (Å²) in [5, 5.41) is 1.08. The van der Waals surface area contributed by atoms with Crippen LogP contribution in [0, 0.1) is 5.82 Å². The van der Waals surface area contributed by atoms with Crippen LogP contribution >= 0.6 is 0 Å². The third kappa shape index (κ3) is 3.01. The minimum absolute atomic E-state index is 0.0362. The van der Waals surface area contributed by atoms with E-state index in [1.165, 1.54) is 12.1 Å². The summed E-state index contributed by atoms with van der Waals surface area (Å²) in [7, 11) is 1.76. The zero-order chi connectivity index (χ0) is 15.5. The molecule has 3 aromatic rings. The lowest BCUT2D eigenvalue weighted by molar-refractivity contribution is -0.129. The number of fused-ring (bicyclic) bond motifs is 1. The Morgan fingerprint density at radius 3 is 2.64 bits per heavy atom. The Bertz CT molecular complexity index is 792. The zero-order valence-electron chi connectivity index (χ0n) is 12.3. The van der Waals surface area contributed by atoms with Crippen molar-refractivity contribution in [2.75, 3.05) is 7.05 Å². The topological polar surface area (TPSA) is 36.1 Å². The van der Waals surface area contributed by atoms with Crippen LogP contribution in [0.15, 0.2) is 54.7 Å². The Hall–Kier alpha value is -2.62. The number of likely N-dealkylation sites (N-methyl/N-ethyl adjacent to an activating group) is 1. The van der Waals surface area contributed by atoms with E-state index in [1.54, 1.807) is 24.1 Å². The molecule has 2 aromatic carbocycles. The highest BCUT2D eigenvalue weighted by Gasteiger charge is 2.13. The molecule has 0 radical (unpaired) electrons. The molecule has 0 saturated carbocycles. The van der Waals surface area contributed by atoms with Gasteiger partial charge in [-0.1, -0.05) is 30.3 Å². The molecule has 1 amide bonds. The van der Waals surface area contributed by atoms with Crippen LogP contribution in [0.3, 0.4) is 0 Å². The highest BCUT2D eigenvalue weighted by Crippen LogP contribution is 2.19. The monoisotopic (exact) mass is 296 g/mol. The van der Waals surface area contributed by atoms with E-state index in [0.717, 1.165) is 22.0 Å². The van der Waals surface area contributed by atoms with Gasteiger partial charge in [0.05, 0.1) is 6.42 Å². The number of nitrogens with one attached hydrogen (secondary N) is 1. The molecule has 3 nitrogen and oxygen atoms in total. The smallest absolute Gasteiger partial charge is 0.227 e. The average Bonchev–Trinajstić information content (AvgIpc) is 2.93. The van der Waals surface area contributed by atoms with Gasteiger partial charge in [-0.3, -0.25) is 4.79 Å². The van der Waals surface area contributed by atoms with Crippen molar-refractivity contribution in [3.63, 3.8) is 0 Å². The molecule has 112 valence electrons. The standard InChI is InChI=1S/C18H17FN2O/c1-21(12-13-6-8-15(19)9-7-13)18(22)10-14-11-20-17-5-3-2-4-16(14)17/h2-9,11,20H,10,12H2,1H3. The van der Waals surface area contributed by atoms with E-state index in [-0.39, 0.29) is 11.7 Å². The summed E-state index contributed by atoms with van der Waals surface area (Å²) in [6.45, 7) is 0.474. The lowest BCUT2D eigenvalue weighted by Crippen LogP contribution is -2.27. The van der Waals surface area contributed by atoms with Gasteiger partial charge in [0.15, 0.2) is 0 Å². The van der Waals surface area contributed by atoms with Gasteiger partial charge in [-0.05, 0) is 29.3 Å². The van der Waals surface area contributed by atoms with E-state index in [4.69, 9.17) is 0 Å². The summed E-state index contributed by atoms with van der Waals surface area (Å²) in [5.74, 6) is -0.231. The molecule has 1 aromatic heterocycles. The maximum Gasteiger partial charge on any atom is 0.227 e. The van der Waals surface area contributed by atoms with Crippen molar-refractivity contribution >= 4 is 16.8 Å². The molecule has 0 unspecified atom stereocenters. The van der Waals surface area contributed by atoms with Crippen molar-refractivity contribution in [2.24, 2.45) is 0 Å². The lowest BCUT2D eigenvalue weighted by atomic mass is 10.1. The van der Waals surface area contributed by atoms with Crippen LogP contribution in [-0.2, 0) is 17.8 Å². The number of aromatic nitrogens is 1. The van der Waals surface area contributed by atoms with Gasteiger partial charge in [-0.2, -0.15) is 0 Å². The van der Waals surface area contributed by atoms with Gasteiger partial charge in [0.25, 0.3) is 0 Å². The van der Waals surface area contributed by atoms with E-state index in [0.29, 0.717) is 13.0 Å². The first-order chi connectivity index (χ1) is 10.6. The van der Waals surface area contributed by atoms with Crippen LogP contribution in [0.1, 0.15) is 11.1 Å². The van der Waals surface area contributed by atoms with E-state index in [9.17, 15) is 9.18 Å². The molecule has 1 N–H and O–H groups in total. The zero-order valence-corrected chi connectivity index (χ0v) is 12.3. The number of rotatable bonds is 4. The number of para-hydroxylation sites is 1. The highest BCUT2D eigenvalue weighted by molar-refractivity contribution is 5.88. The SMILES string of the molecule is CN(Cc1ccc(F)cc1)C(=O)Cc1c[nH]c2ccccc12. The Labute approximate surface area is 128 Å². The second kappa shape index (κ2) is 6.02. The fourth-order valence-corrected chi connectivity index (χ4v) is 2.53. The predicted molar refractivity (Wildman–Crippen MR) is 84.9 cm³/mol. The normalized spacial score (nSPS) is 10.8. The van der Waals surface area contributed by atoms with Crippen molar-refractivity contribution < 1.29 is 9.18 Å². The summed E-state index contributed by atoms with van der Waals surface area (Å²) in [5.41, 5.74) is 2.94. The maximum absolute atomic E-state index is 12.9. The quantitative estimate of drug-likeness (QED) is 0.786. The maximum atomic E-state index is 12.9. The number of halogens is 1. The summed E-state index contributed by atoms with van der Waals surface area (Å²) in [4.78, 5) is 17.2. The second-order valence-corrected chi connectivity index (χ2v) is 5.41. The van der Waals surface area contributed by atoms with Gasteiger partial charge in [0.1, 0.15) is 5.82 Å². The van der Waals surface area contributed by atoms with Crippen molar-refractivity contribution in [3.05, 3.63) is 71.7 Å². The Kier molecular flexibility index (Phi) is 3.92. The minimum Gasteiger partial charge on any atom is -0.361 e. The number of hydrogen-bond donors (Lipinski definition) is 1. The molecule has 0 atom stereocenters. The molecule has 4 heteroatoms. The van der Waals surface area contributed by atoms with Crippen LogP contribution in [0.25, 0.3) is 10.9 Å². The third-order valence-electron chi connectivity index (χ3n) is 3.78. The van der Waals surface area contributed by atoms with Crippen molar-refractivity contribution in [1.82, 2.24) is 9.88 Å². The molecule has 0 aliphatic rings. The Morgan fingerprint density at radius 1 is 1.14 bits per heavy atom. The van der Waals surface area contributed by atoms with E-state index >= 15 is 0 Å². The average molecular weight is 296 g/mol. The first-order valence-electron chi connectivity index (χ1n) is 7.17. The molecule has 1 heterocycles. The molecular weight excluding hydrogens is 279 g/mol. The van der Waals surface area contributed by atoms with Crippen LogP contribution in [0.4, 0.5) is 4.39 Å². The van der Waals surface area contributed by atoms with Gasteiger partial charge in [0.2, 0.25) is 5.91 Å². The summed E-state index contributed by atoms with van der Waals surface area (Å²) < 4.78 is 12.9. The molecule has 0 bridgehead atoms. The summed E-state index contributed by atoms with van der Waals surface area (Å²) in [6, 6.07) is 14.1. The molecule has 0 saturated heterocycles. The highest BCUT2D eigenvalue weighted by atomic mass is 19.1. The first kappa shape index (κ1) is 14.3. The molecule has 22 heavy (non-hydrogen) atoms. The number of benzene rings is 2. The number of H-pyrrole nitrogens is 1. The van der Waals surface area contributed by atoms with Gasteiger partial charge >= 0.3 is 0 Å². The van der Waals surface area contributed by atoms with E-state index in [2.05, 4.69) is 4.98 Å². The van der Waals surface area contributed by atoms with Crippen LogP contribution in [0.5, 0.6) is 0 Å². The Morgan fingerprint density at radius 2 is 1.86 bits per heavy atom. The second-order valence-electron chi connectivity index (χ2n) is 5.41. The third-order valence-corrected chi connectivity index (χ3v) is 3.78. The number of carbonyl (C=O) groups is 1. The molecule has 0 aliphatic heterocycles. The predicted octanol–water partition coefficient (Wildman–Crippen LogP) is 3.51. The van der Waals surface area contributed by atoms with Gasteiger partial charge in [-0.25, -0.2) is 4.39 Å². The molecule has 0 spiro atoms. The lowest BCUT2D eigenvalue weighted by Gasteiger charge is -2.17. The van der Waals surface area contributed by atoms with Gasteiger partial charge < -0.3 is 9.88 Å². The van der Waals surface area contributed by atoms with E-state index in [1.807, 2.05) is 30.5 Å². The van der Waals surface area contributed by atoms with Crippen LogP contribution in [0.2, 0.25) is 0 Å². The minimum atomic E-state index is -0.267. The molecule has 3 rings (SSSR count). The van der Waals surface area contributed by atoms with Gasteiger partial charge in [-0.15, -0.1) is 0 Å². The molecular formula is C18H17FN2O. The fourth-order valence-electron chi connectivity index (χ4n) is 2.53. The van der Waals surface area contributed by atoms with Gasteiger partial charge in [0, 0.05) is 30.7 Å². The summed E-state index contributed by atoms with van der Waals surface area (Å²) in [6.07, 6.45) is 2.23. The van der Waals surface area contributed by atoms with Crippen LogP contribution in [-0.4, -0.2) is 22.8 Å². The van der Waals surface area contributed by atoms with Crippen molar-refractivity contribution in [3.8, 4) is 0 Å². The van der Waals surface area contributed by atoms with Crippen LogP contribution < -0.4 is 0 Å². The van der Waals surface area contributed by atoms with E-state index < -0.39 is 0 Å². The number of nitrogens with zero attached hydrogens (tertiary/aromatic N) is 1. The fraction of sp³-hybridized carbons (Fsp3) is 0.167. The first-order valence-corrected chi connectivity index (χ1v) is 7.17. The molecule has 0 fully saturated rings. The molecule has 0 aliphatic carbocycles. The largest absolute Gasteiger partial charge is 0.361 e. The number of hydrogen-bond acceptors (Lipinski definition) is 1. The Balaban J connectivity index is 1.69. The van der Waals surface area contributed by atoms with Crippen molar-refractivity contribution in [1.29, 1.82) is 0 Å². The number of aromatic amines is 1. The number of carbonyl (C=O) groups excluding carboxylic acids is 1.